The molecule has 1 aromatic carbocycles. The van der Waals surface area contributed by atoms with E-state index in [9.17, 15) is 29.4 Å². The zero-order valence-electron chi connectivity index (χ0n) is 21.7. The molecule has 5 atom stereocenters. The second-order valence-electron chi connectivity index (χ2n) is 8.92. The van der Waals surface area contributed by atoms with E-state index in [1.54, 1.807) is 6.20 Å². The van der Waals surface area contributed by atoms with Crippen LogP contribution < -0.4 is 21.7 Å². The summed E-state index contributed by atoms with van der Waals surface area (Å²) in [6.45, 7) is 1.34. The van der Waals surface area contributed by atoms with Crippen LogP contribution >= 0.6 is 23.5 Å². The first-order chi connectivity index (χ1) is 18.1. The molecule has 3 amide bonds. The summed E-state index contributed by atoms with van der Waals surface area (Å²) in [5.41, 5.74) is 7.47. The van der Waals surface area contributed by atoms with Crippen molar-refractivity contribution in [2.24, 2.45) is 5.73 Å². The number of aliphatic carboxylic acids is 1. The Kier molecular flexibility index (Phi) is 12.9. The Morgan fingerprint density at radius 2 is 1.58 bits per heavy atom. The summed E-state index contributed by atoms with van der Waals surface area (Å²) in [7, 11) is 0. The molecular formula is C25H37N5O6S2. The molecule has 0 aliphatic heterocycles. The largest absolute Gasteiger partial charge is 0.480 e. The molecule has 5 unspecified atom stereocenters. The van der Waals surface area contributed by atoms with Crippen LogP contribution in [0.5, 0.6) is 0 Å². The molecular weight excluding hydrogens is 530 g/mol. The van der Waals surface area contributed by atoms with Gasteiger partial charge in [-0.25, -0.2) is 4.79 Å². The maximum Gasteiger partial charge on any atom is 0.326 e. The van der Waals surface area contributed by atoms with Crippen LogP contribution in [0, 0.1) is 0 Å². The number of rotatable bonds is 16. The molecule has 210 valence electrons. The molecule has 11 nitrogen and oxygen atoms in total. The van der Waals surface area contributed by atoms with Crippen molar-refractivity contribution in [1.29, 1.82) is 0 Å². The first-order valence-electron chi connectivity index (χ1n) is 12.2. The Hall–Kier alpha value is -2.74. The summed E-state index contributed by atoms with van der Waals surface area (Å²) in [4.78, 5) is 53.9. The molecule has 1 aromatic heterocycles. The van der Waals surface area contributed by atoms with Crippen LogP contribution in [0.15, 0.2) is 30.5 Å². The predicted octanol–water partition coefficient (Wildman–Crippen LogP) is 0.464. The van der Waals surface area contributed by atoms with Gasteiger partial charge in [0.15, 0.2) is 0 Å². The van der Waals surface area contributed by atoms with Crippen molar-refractivity contribution >= 4 is 58.1 Å². The number of para-hydroxylation sites is 1. The summed E-state index contributed by atoms with van der Waals surface area (Å²) in [6, 6.07) is 2.88. The summed E-state index contributed by atoms with van der Waals surface area (Å²) in [6.07, 6.45) is 4.79. The van der Waals surface area contributed by atoms with E-state index in [0.717, 1.165) is 16.5 Å². The molecule has 1 heterocycles. The highest BCUT2D eigenvalue weighted by Gasteiger charge is 2.32. The number of nitrogens with two attached hydrogens (primary N) is 1. The lowest BCUT2D eigenvalue weighted by atomic mass is 10.0. The average Bonchev–Trinajstić information content (AvgIpc) is 3.29. The number of aliphatic hydroxyl groups is 1. The maximum atomic E-state index is 13.3. The fraction of sp³-hybridized carbons (Fsp3) is 0.520. The number of fused-ring (bicyclic) bond motifs is 1. The Bertz CT molecular complexity index is 1100. The lowest BCUT2D eigenvalue weighted by Crippen LogP contribution is -2.60. The molecule has 0 spiro atoms. The molecule has 0 aliphatic carbocycles. The van der Waals surface area contributed by atoms with E-state index >= 15 is 0 Å². The highest BCUT2D eigenvalue weighted by atomic mass is 32.2. The zero-order valence-corrected chi connectivity index (χ0v) is 23.4. The molecule has 8 N–H and O–H groups in total. The molecule has 0 saturated carbocycles. The molecule has 0 saturated heterocycles. The normalized spacial score (nSPS) is 15.2. The van der Waals surface area contributed by atoms with Crippen LogP contribution in [0.3, 0.4) is 0 Å². The SMILES string of the molecule is CSCCC(N)C(=O)NC(C(=O)NC(Cc1c[nH]c2ccccc12)C(=O)NC(CCSC)C(=O)O)C(C)O. The highest BCUT2D eigenvalue weighted by Crippen LogP contribution is 2.19. The van der Waals surface area contributed by atoms with Crippen LogP contribution in [0.2, 0.25) is 0 Å². The van der Waals surface area contributed by atoms with E-state index in [-0.39, 0.29) is 12.8 Å². The van der Waals surface area contributed by atoms with Crippen molar-refractivity contribution in [2.75, 3.05) is 24.0 Å². The third kappa shape index (κ3) is 9.22. The van der Waals surface area contributed by atoms with Gasteiger partial charge in [0.1, 0.15) is 18.1 Å². The molecule has 38 heavy (non-hydrogen) atoms. The van der Waals surface area contributed by atoms with Gasteiger partial charge in [-0.1, -0.05) is 18.2 Å². The topological polar surface area (TPSA) is 187 Å². The number of nitrogens with one attached hydrogen (secondary N) is 4. The number of aliphatic hydroxyl groups excluding tert-OH is 1. The summed E-state index contributed by atoms with van der Waals surface area (Å²) >= 11 is 2.98. The number of thioether (sulfide) groups is 2. The van der Waals surface area contributed by atoms with Gasteiger partial charge < -0.3 is 36.9 Å². The number of carbonyl (C=O) groups is 4. The van der Waals surface area contributed by atoms with Gasteiger partial charge in [-0.15, -0.1) is 0 Å². The van der Waals surface area contributed by atoms with Crippen LogP contribution in [-0.2, 0) is 25.6 Å². The van der Waals surface area contributed by atoms with E-state index in [4.69, 9.17) is 5.73 Å². The maximum absolute atomic E-state index is 13.3. The van der Waals surface area contributed by atoms with Gasteiger partial charge in [0.2, 0.25) is 17.7 Å². The average molecular weight is 568 g/mol. The number of hydrogen-bond acceptors (Lipinski definition) is 8. The Morgan fingerprint density at radius 1 is 0.947 bits per heavy atom. The lowest BCUT2D eigenvalue weighted by Gasteiger charge is -2.26. The van der Waals surface area contributed by atoms with Crippen molar-refractivity contribution in [3.05, 3.63) is 36.0 Å². The summed E-state index contributed by atoms with van der Waals surface area (Å²) in [5, 5.41) is 28.3. The van der Waals surface area contributed by atoms with Crippen LogP contribution in [0.25, 0.3) is 10.9 Å². The number of benzene rings is 1. The third-order valence-corrected chi connectivity index (χ3v) is 7.28. The minimum absolute atomic E-state index is 0.0458. The van der Waals surface area contributed by atoms with Gasteiger partial charge in [0.05, 0.1) is 12.1 Å². The second-order valence-corrected chi connectivity index (χ2v) is 10.9. The zero-order chi connectivity index (χ0) is 28.2. The first-order valence-corrected chi connectivity index (χ1v) is 15.0. The fourth-order valence-corrected chi connectivity index (χ4v) is 4.76. The molecule has 0 bridgehead atoms. The second kappa shape index (κ2) is 15.6. The number of amides is 3. The van der Waals surface area contributed by atoms with Crippen molar-refractivity contribution in [2.45, 2.75) is 56.5 Å². The first kappa shape index (κ1) is 31.5. The molecule has 2 rings (SSSR count). The predicted molar refractivity (Wildman–Crippen MR) is 151 cm³/mol. The minimum Gasteiger partial charge on any atom is -0.480 e. The third-order valence-electron chi connectivity index (χ3n) is 5.99. The quantitative estimate of drug-likeness (QED) is 0.151. The minimum atomic E-state index is -1.37. The van der Waals surface area contributed by atoms with Crippen molar-refractivity contribution in [1.82, 2.24) is 20.9 Å². The Labute approximate surface area is 230 Å². The number of carboxylic acids is 1. The Balaban J connectivity index is 2.27. The molecule has 0 fully saturated rings. The number of carbonyl (C=O) groups excluding carboxylic acids is 3. The van der Waals surface area contributed by atoms with Crippen molar-refractivity contribution < 1.29 is 29.4 Å². The van der Waals surface area contributed by atoms with Crippen LogP contribution in [0.1, 0.15) is 25.3 Å². The number of hydrogen-bond donors (Lipinski definition) is 7. The van der Waals surface area contributed by atoms with Gasteiger partial charge in [-0.3, -0.25) is 14.4 Å². The molecule has 2 aromatic rings. The molecule has 13 heteroatoms. The van der Waals surface area contributed by atoms with Crippen LogP contribution in [-0.4, -0.2) is 93.2 Å². The van der Waals surface area contributed by atoms with E-state index in [1.807, 2.05) is 36.8 Å². The van der Waals surface area contributed by atoms with E-state index in [1.165, 1.54) is 30.4 Å². The summed E-state index contributed by atoms with van der Waals surface area (Å²) < 4.78 is 0. The van der Waals surface area contributed by atoms with Gasteiger partial charge in [-0.2, -0.15) is 23.5 Å². The van der Waals surface area contributed by atoms with Crippen molar-refractivity contribution in [3.8, 4) is 0 Å². The van der Waals surface area contributed by atoms with Crippen LogP contribution in [0.4, 0.5) is 0 Å². The van der Waals surface area contributed by atoms with E-state index in [0.29, 0.717) is 17.9 Å². The van der Waals surface area contributed by atoms with Gasteiger partial charge in [0.25, 0.3) is 0 Å². The molecule has 0 radical (unpaired) electrons. The fourth-order valence-electron chi connectivity index (χ4n) is 3.80. The smallest absolute Gasteiger partial charge is 0.326 e. The van der Waals surface area contributed by atoms with Gasteiger partial charge in [0, 0.05) is 23.5 Å². The number of aromatic nitrogens is 1. The lowest BCUT2D eigenvalue weighted by molar-refractivity contribution is -0.142. The monoisotopic (exact) mass is 567 g/mol. The van der Waals surface area contributed by atoms with Gasteiger partial charge in [-0.05, 0) is 55.4 Å². The Morgan fingerprint density at radius 3 is 2.21 bits per heavy atom. The highest BCUT2D eigenvalue weighted by molar-refractivity contribution is 7.98. The summed E-state index contributed by atoms with van der Waals surface area (Å²) in [5.74, 6) is -2.10. The van der Waals surface area contributed by atoms with Crippen molar-refractivity contribution in [3.63, 3.8) is 0 Å². The van der Waals surface area contributed by atoms with E-state index < -0.39 is 54.0 Å². The van der Waals surface area contributed by atoms with E-state index in [2.05, 4.69) is 20.9 Å². The standard InChI is InChI=1S/C25H37N5O6S2/c1-14(31)21(30-22(32)17(26)8-10-37-2)24(34)29-20(23(33)28-19(25(35)36)9-11-38-3)12-15-13-27-18-7-5-4-6-16(15)18/h4-7,13-14,17,19-21,27,31H,8-12,26H2,1-3H3,(H,28,33)(H,29,34)(H,30,32)(H,35,36). The molecule has 0 aliphatic rings. The number of aromatic amines is 1. The number of H-pyrrole nitrogens is 1. The number of carboxylic acid groups (broad SMARTS) is 1. The van der Waals surface area contributed by atoms with Gasteiger partial charge >= 0.3 is 5.97 Å².